The Morgan fingerprint density at radius 1 is 0.906 bits per heavy atom. The van der Waals surface area contributed by atoms with Gasteiger partial charge in [-0.2, -0.15) is 0 Å². The summed E-state index contributed by atoms with van der Waals surface area (Å²) in [7, 11) is 0. The molecule has 4 rings (SSSR count). The molecule has 0 aliphatic carbocycles. The topological polar surface area (TPSA) is 143 Å². The first kappa shape index (κ1) is 20.5. The summed E-state index contributed by atoms with van der Waals surface area (Å²) in [5, 5.41) is 25.8. The number of nitrogens with zero attached hydrogens (tertiary/aromatic N) is 1. The maximum atomic E-state index is 12.9. The van der Waals surface area contributed by atoms with Crippen LogP contribution in [0.15, 0.2) is 78.9 Å². The van der Waals surface area contributed by atoms with Gasteiger partial charge in [-0.1, -0.05) is 24.3 Å². The van der Waals surface area contributed by atoms with E-state index >= 15 is 0 Å². The number of phenols is 1. The molecule has 160 valence electrons. The molecule has 0 fully saturated rings. The number of aromatic hydroxyl groups is 1. The minimum atomic E-state index is -0.558. The number of benzene rings is 4. The molecule has 1 amide bonds. The van der Waals surface area contributed by atoms with Crippen molar-refractivity contribution in [3.63, 3.8) is 0 Å². The molecule has 4 aromatic rings. The smallest absolute Gasteiger partial charge is 0.269 e. The highest BCUT2D eigenvalue weighted by Crippen LogP contribution is 2.36. The third kappa shape index (κ3) is 4.21. The number of hydrogen-bond acceptors (Lipinski definition) is 7. The van der Waals surface area contributed by atoms with E-state index in [4.69, 9.17) is 5.73 Å². The van der Waals surface area contributed by atoms with Gasteiger partial charge in [-0.05, 0) is 47.9 Å². The van der Waals surface area contributed by atoms with Crippen LogP contribution in [0, 0.1) is 10.1 Å². The SMILES string of the molecule is Nc1ccc(NNc2c(O)c(C(=O)Nc3ccc([N+](=O)[O-])cc3)cc3ccccc23)cc1. The Labute approximate surface area is 182 Å². The summed E-state index contributed by atoms with van der Waals surface area (Å²) in [6.45, 7) is 0. The van der Waals surface area contributed by atoms with E-state index in [0.29, 0.717) is 28.1 Å². The number of nitro groups is 1. The fraction of sp³-hybridized carbons (Fsp3) is 0. The third-order valence-corrected chi connectivity index (χ3v) is 4.85. The van der Waals surface area contributed by atoms with Crippen molar-refractivity contribution in [3.8, 4) is 5.75 Å². The third-order valence-electron chi connectivity index (χ3n) is 4.85. The summed E-state index contributed by atoms with van der Waals surface area (Å²) >= 11 is 0. The van der Waals surface area contributed by atoms with Gasteiger partial charge in [0.05, 0.1) is 16.2 Å². The highest BCUT2D eigenvalue weighted by Gasteiger charge is 2.19. The van der Waals surface area contributed by atoms with Crippen LogP contribution in [-0.4, -0.2) is 15.9 Å². The van der Waals surface area contributed by atoms with Crippen molar-refractivity contribution in [1.82, 2.24) is 0 Å². The highest BCUT2D eigenvalue weighted by atomic mass is 16.6. The number of nitrogen functional groups attached to an aromatic ring is 1. The van der Waals surface area contributed by atoms with Crippen LogP contribution < -0.4 is 21.9 Å². The van der Waals surface area contributed by atoms with E-state index < -0.39 is 10.8 Å². The number of nitrogens with two attached hydrogens (primary N) is 1. The molecule has 0 atom stereocenters. The van der Waals surface area contributed by atoms with E-state index in [1.165, 1.54) is 24.3 Å². The van der Waals surface area contributed by atoms with Gasteiger partial charge < -0.3 is 21.6 Å². The zero-order valence-corrected chi connectivity index (χ0v) is 16.7. The van der Waals surface area contributed by atoms with Crippen molar-refractivity contribution >= 4 is 45.1 Å². The van der Waals surface area contributed by atoms with Crippen molar-refractivity contribution in [1.29, 1.82) is 0 Å². The Hall–Kier alpha value is -4.79. The lowest BCUT2D eigenvalue weighted by Gasteiger charge is -2.17. The molecule has 9 nitrogen and oxygen atoms in total. The Morgan fingerprint density at radius 3 is 2.25 bits per heavy atom. The van der Waals surface area contributed by atoms with E-state index in [1.54, 1.807) is 30.3 Å². The largest absolute Gasteiger partial charge is 0.505 e. The molecule has 0 spiro atoms. The summed E-state index contributed by atoms with van der Waals surface area (Å²) in [5.74, 6) is -0.802. The number of carbonyl (C=O) groups excluding carboxylic acids is 1. The second-order valence-electron chi connectivity index (χ2n) is 7.00. The molecule has 0 heterocycles. The van der Waals surface area contributed by atoms with Crippen molar-refractivity contribution in [3.05, 3.63) is 94.5 Å². The molecule has 0 bridgehead atoms. The van der Waals surface area contributed by atoms with E-state index in [-0.39, 0.29) is 17.0 Å². The number of phenolic OH excluding ortho intramolecular Hbond substituents is 1. The molecule has 0 unspecified atom stereocenters. The Morgan fingerprint density at radius 2 is 1.56 bits per heavy atom. The van der Waals surface area contributed by atoms with Crippen molar-refractivity contribution < 1.29 is 14.8 Å². The van der Waals surface area contributed by atoms with Crippen LogP contribution in [0.4, 0.5) is 28.4 Å². The van der Waals surface area contributed by atoms with Gasteiger partial charge in [-0.3, -0.25) is 20.3 Å². The predicted molar refractivity (Wildman–Crippen MR) is 125 cm³/mol. The minimum Gasteiger partial charge on any atom is -0.505 e. The van der Waals surface area contributed by atoms with Gasteiger partial charge in [-0.15, -0.1) is 0 Å². The van der Waals surface area contributed by atoms with Gasteiger partial charge in [0.2, 0.25) is 0 Å². The number of nitro benzene ring substituents is 1. The average Bonchev–Trinajstić information content (AvgIpc) is 2.79. The van der Waals surface area contributed by atoms with Crippen LogP contribution in [0.2, 0.25) is 0 Å². The molecule has 32 heavy (non-hydrogen) atoms. The molecule has 0 aliphatic heterocycles. The summed E-state index contributed by atoms with van der Waals surface area (Å²) in [4.78, 5) is 23.2. The van der Waals surface area contributed by atoms with Gasteiger partial charge in [0.15, 0.2) is 5.75 Å². The van der Waals surface area contributed by atoms with Crippen LogP contribution in [0.1, 0.15) is 10.4 Å². The molecular weight excluding hydrogens is 410 g/mol. The quantitative estimate of drug-likeness (QED) is 0.129. The Balaban J connectivity index is 1.65. The van der Waals surface area contributed by atoms with Crippen molar-refractivity contribution in [2.75, 3.05) is 21.9 Å². The summed E-state index contributed by atoms with van der Waals surface area (Å²) in [6, 6.07) is 21.3. The summed E-state index contributed by atoms with van der Waals surface area (Å²) in [5.41, 5.74) is 13.7. The minimum absolute atomic E-state index is 0.0451. The normalized spacial score (nSPS) is 10.5. The average molecular weight is 429 g/mol. The standard InChI is InChI=1S/C23H19N5O4/c24-15-5-7-17(8-6-15)26-27-21-19-4-2-1-3-14(19)13-20(22(21)29)23(30)25-16-9-11-18(12-10-16)28(31)32/h1-13,26-27,29H,24H2,(H,25,30). The number of non-ortho nitro benzene ring substituents is 1. The number of rotatable bonds is 6. The molecule has 0 radical (unpaired) electrons. The lowest BCUT2D eigenvalue weighted by molar-refractivity contribution is -0.384. The molecule has 0 saturated heterocycles. The first-order chi connectivity index (χ1) is 15.4. The van der Waals surface area contributed by atoms with Crippen LogP contribution in [0.25, 0.3) is 10.8 Å². The van der Waals surface area contributed by atoms with E-state index in [1.807, 2.05) is 24.3 Å². The predicted octanol–water partition coefficient (Wildman–Crippen LogP) is 4.73. The maximum Gasteiger partial charge on any atom is 0.269 e. The number of anilines is 4. The first-order valence-electron chi connectivity index (χ1n) is 9.60. The summed E-state index contributed by atoms with van der Waals surface area (Å²) < 4.78 is 0. The van der Waals surface area contributed by atoms with Gasteiger partial charge in [0, 0.05) is 28.9 Å². The number of hydrazine groups is 1. The van der Waals surface area contributed by atoms with Gasteiger partial charge in [0.25, 0.3) is 11.6 Å². The van der Waals surface area contributed by atoms with Crippen LogP contribution in [0.5, 0.6) is 5.75 Å². The fourth-order valence-electron chi connectivity index (χ4n) is 3.20. The van der Waals surface area contributed by atoms with E-state index in [9.17, 15) is 20.0 Å². The maximum absolute atomic E-state index is 12.9. The molecular formula is C23H19N5O4. The number of fused-ring (bicyclic) bond motifs is 1. The molecule has 0 saturated carbocycles. The fourth-order valence-corrected chi connectivity index (χ4v) is 3.20. The van der Waals surface area contributed by atoms with Crippen LogP contribution in [-0.2, 0) is 0 Å². The Kier molecular flexibility index (Phi) is 5.45. The molecule has 6 N–H and O–H groups in total. The van der Waals surface area contributed by atoms with E-state index in [2.05, 4.69) is 16.2 Å². The van der Waals surface area contributed by atoms with Crippen molar-refractivity contribution in [2.24, 2.45) is 0 Å². The number of amides is 1. The lowest BCUT2D eigenvalue weighted by Crippen LogP contribution is -2.14. The second-order valence-corrected chi connectivity index (χ2v) is 7.00. The van der Waals surface area contributed by atoms with Crippen LogP contribution in [0.3, 0.4) is 0 Å². The second kappa shape index (κ2) is 8.52. The van der Waals surface area contributed by atoms with Crippen LogP contribution >= 0.6 is 0 Å². The van der Waals surface area contributed by atoms with Crippen molar-refractivity contribution in [2.45, 2.75) is 0 Å². The number of hydrogen-bond donors (Lipinski definition) is 5. The first-order valence-corrected chi connectivity index (χ1v) is 9.60. The molecule has 4 aromatic carbocycles. The monoisotopic (exact) mass is 429 g/mol. The summed E-state index contributed by atoms with van der Waals surface area (Å²) in [6.07, 6.45) is 0. The van der Waals surface area contributed by atoms with Gasteiger partial charge >= 0.3 is 0 Å². The zero-order valence-electron chi connectivity index (χ0n) is 16.7. The van der Waals surface area contributed by atoms with Gasteiger partial charge in [-0.25, -0.2) is 0 Å². The number of nitrogens with one attached hydrogen (secondary N) is 3. The molecule has 0 aliphatic rings. The number of carbonyl (C=O) groups is 1. The molecule has 0 aromatic heterocycles. The zero-order chi connectivity index (χ0) is 22.7. The lowest BCUT2D eigenvalue weighted by atomic mass is 10.0. The Bertz CT molecular complexity index is 1300. The highest BCUT2D eigenvalue weighted by molar-refractivity contribution is 6.12. The molecule has 9 heteroatoms. The van der Waals surface area contributed by atoms with Gasteiger partial charge in [0.1, 0.15) is 5.69 Å². The van der Waals surface area contributed by atoms with E-state index in [0.717, 1.165) is 5.39 Å².